The fraction of sp³-hybridized carbons (Fsp3) is 0.265. The minimum atomic E-state index is -3.68. The molecule has 5 rings (SSSR count). The molecule has 0 aliphatic carbocycles. The van der Waals surface area contributed by atoms with Gasteiger partial charge in [0.2, 0.25) is 10.0 Å². The molecule has 9 nitrogen and oxygen atoms in total. The van der Waals surface area contributed by atoms with Crippen LogP contribution in [0.2, 0.25) is 0 Å². The largest absolute Gasteiger partial charge is 0.492 e. The van der Waals surface area contributed by atoms with Crippen molar-refractivity contribution in [1.82, 2.24) is 9.21 Å². The Kier molecular flexibility index (Phi) is 9.12. The number of imide groups is 1. The highest BCUT2D eigenvalue weighted by Crippen LogP contribution is 2.32. The lowest BCUT2D eigenvalue weighted by Crippen LogP contribution is -2.42. The minimum Gasteiger partial charge on any atom is -0.492 e. The van der Waals surface area contributed by atoms with Crippen molar-refractivity contribution in [2.75, 3.05) is 37.7 Å². The molecule has 0 N–H and O–H groups in total. The van der Waals surface area contributed by atoms with Gasteiger partial charge in [-0.15, -0.1) is 0 Å². The first-order valence-corrected chi connectivity index (χ1v) is 16.2. The number of carbonyl (C=O) groups is 3. The highest BCUT2D eigenvalue weighted by Gasteiger charge is 2.33. The van der Waals surface area contributed by atoms with Crippen LogP contribution in [-0.4, -0.2) is 68.1 Å². The second kappa shape index (κ2) is 13.0. The lowest BCUT2D eigenvalue weighted by atomic mass is 9.94. The molecule has 44 heavy (non-hydrogen) atoms. The molecule has 1 aliphatic heterocycles. The van der Waals surface area contributed by atoms with E-state index in [1.54, 1.807) is 61.2 Å². The van der Waals surface area contributed by atoms with Gasteiger partial charge in [-0.3, -0.25) is 19.3 Å². The molecule has 4 aromatic rings. The average molecular weight is 614 g/mol. The van der Waals surface area contributed by atoms with E-state index in [0.717, 1.165) is 5.39 Å². The van der Waals surface area contributed by atoms with E-state index in [4.69, 9.17) is 4.74 Å². The third-order valence-corrected chi connectivity index (χ3v) is 9.83. The van der Waals surface area contributed by atoms with Crippen molar-refractivity contribution in [3.8, 4) is 5.75 Å². The first-order chi connectivity index (χ1) is 21.2. The summed E-state index contributed by atoms with van der Waals surface area (Å²) in [5.74, 6) is -0.584. The highest BCUT2D eigenvalue weighted by atomic mass is 32.2. The summed E-state index contributed by atoms with van der Waals surface area (Å²) in [7, 11) is -3.68. The Bertz CT molecular complexity index is 1770. The van der Waals surface area contributed by atoms with Crippen molar-refractivity contribution in [2.45, 2.75) is 32.1 Å². The Labute approximate surface area is 257 Å². The Morgan fingerprint density at radius 3 is 2.00 bits per heavy atom. The van der Waals surface area contributed by atoms with Crippen LogP contribution >= 0.6 is 0 Å². The fourth-order valence-corrected chi connectivity index (χ4v) is 7.06. The summed E-state index contributed by atoms with van der Waals surface area (Å²) in [5.41, 5.74) is 1.78. The number of para-hydroxylation sites is 2. The van der Waals surface area contributed by atoms with Crippen molar-refractivity contribution < 1.29 is 27.5 Å². The van der Waals surface area contributed by atoms with Gasteiger partial charge >= 0.3 is 0 Å². The third-order valence-electron chi connectivity index (χ3n) is 7.76. The van der Waals surface area contributed by atoms with E-state index in [9.17, 15) is 22.8 Å². The van der Waals surface area contributed by atoms with Crippen LogP contribution in [0.3, 0.4) is 0 Å². The summed E-state index contributed by atoms with van der Waals surface area (Å²) >= 11 is 0. The SMILES string of the molecule is CCOc1ccccc1N(CCCN1C(=O)c2cccc3cccc(c23)C1=O)C(=O)c1ccc(S(=O)(=O)N(CC)CC)cc1. The van der Waals surface area contributed by atoms with E-state index in [1.165, 1.54) is 33.5 Å². The Hall–Kier alpha value is -4.54. The molecule has 0 saturated carbocycles. The van der Waals surface area contributed by atoms with E-state index >= 15 is 0 Å². The summed E-state index contributed by atoms with van der Waals surface area (Å²) < 4.78 is 33.1. The van der Waals surface area contributed by atoms with Gasteiger partial charge in [-0.1, -0.05) is 50.2 Å². The molecule has 0 unspecified atom stereocenters. The van der Waals surface area contributed by atoms with Gasteiger partial charge in [-0.05, 0) is 67.3 Å². The Morgan fingerprint density at radius 1 is 0.795 bits per heavy atom. The predicted molar refractivity (Wildman–Crippen MR) is 170 cm³/mol. The molecule has 0 radical (unpaired) electrons. The summed E-state index contributed by atoms with van der Waals surface area (Å²) in [4.78, 5) is 43.7. The predicted octanol–water partition coefficient (Wildman–Crippen LogP) is 5.60. The van der Waals surface area contributed by atoms with Gasteiger partial charge in [-0.2, -0.15) is 4.31 Å². The molecular weight excluding hydrogens is 578 g/mol. The van der Waals surface area contributed by atoms with E-state index in [1.807, 2.05) is 25.1 Å². The average Bonchev–Trinajstić information content (AvgIpc) is 3.04. The number of hydrogen-bond donors (Lipinski definition) is 0. The smallest absolute Gasteiger partial charge is 0.261 e. The molecule has 0 saturated heterocycles. The van der Waals surface area contributed by atoms with Gasteiger partial charge in [0.25, 0.3) is 17.7 Å². The maximum absolute atomic E-state index is 14.0. The molecule has 4 aromatic carbocycles. The quantitative estimate of drug-likeness (QED) is 0.193. The number of rotatable bonds is 12. The monoisotopic (exact) mass is 613 g/mol. The molecular formula is C34H35N3O6S. The first kappa shape index (κ1) is 30.9. The second-order valence-electron chi connectivity index (χ2n) is 10.3. The van der Waals surface area contributed by atoms with Crippen molar-refractivity contribution in [3.63, 3.8) is 0 Å². The summed E-state index contributed by atoms with van der Waals surface area (Å²) in [6.45, 7) is 6.74. The van der Waals surface area contributed by atoms with Gasteiger partial charge in [0.1, 0.15) is 5.75 Å². The first-order valence-electron chi connectivity index (χ1n) is 14.7. The number of amides is 3. The minimum absolute atomic E-state index is 0.101. The number of sulfonamides is 1. The van der Waals surface area contributed by atoms with Gasteiger partial charge < -0.3 is 9.64 Å². The van der Waals surface area contributed by atoms with Gasteiger partial charge in [0.05, 0.1) is 17.2 Å². The van der Waals surface area contributed by atoms with Crippen molar-refractivity contribution >= 4 is 44.2 Å². The number of anilines is 1. The molecule has 0 aromatic heterocycles. The van der Waals surface area contributed by atoms with E-state index < -0.39 is 10.0 Å². The van der Waals surface area contributed by atoms with Crippen molar-refractivity contribution in [2.24, 2.45) is 0 Å². The maximum atomic E-state index is 14.0. The molecule has 0 bridgehead atoms. The molecule has 10 heteroatoms. The van der Waals surface area contributed by atoms with Crippen molar-refractivity contribution in [1.29, 1.82) is 0 Å². The molecule has 1 heterocycles. The number of hydrogen-bond acceptors (Lipinski definition) is 6. The van der Waals surface area contributed by atoms with Crippen LogP contribution in [0.1, 0.15) is 58.3 Å². The van der Waals surface area contributed by atoms with Gasteiger partial charge in [-0.25, -0.2) is 8.42 Å². The van der Waals surface area contributed by atoms with E-state index in [2.05, 4.69) is 0 Å². The molecule has 3 amide bonds. The Balaban J connectivity index is 1.41. The normalized spacial score (nSPS) is 13.0. The summed E-state index contributed by atoms with van der Waals surface area (Å²) in [6, 6.07) is 23.9. The molecule has 0 spiro atoms. The summed E-state index contributed by atoms with van der Waals surface area (Å²) in [5, 5.41) is 1.50. The zero-order valence-electron chi connectivity index (χ0n) is 25.0. The molecule has 1 aliphatic rings. The molecule has 0 atom stereocenters. The maximum Gasteiger partial charge on any atom is 0.261 e. The van der Waals surface area contributed by atoms with Gasteiger partial charge in [0, 0.05) is 48.3 Å². The van der Waals surface area contributed by atoms with Crippen LogP contribution in [0.15, 0.2) is 89.8 Å². The fourth-order valence-electron chi connectivity index (χ4n) is 5.60. The van der Waals surface area contributed by atoms with Crippen LogP contribution in [-0.2, 0) is 10.0 Å². The topological polar surface area (TPSA) is 104 Å². The van der Waals surface area contributed by atoms with Crippen LogP contribution in [0.5, 0.6) is 5.75 Å². The van der Waals surface area contributed by atoms with Crippen LogP contribution < -0.4 is 9.64 Å². The molecule has 228 valence electrons. The third kappa shape index (κ3) is 5.70. The lowest BCUT2D eigenvalue weighted by molar-refractivity contribution is 0.0609. The summed E-state index contributed by atoms with van der Waals surface area (Å²) in [6.07, 6.45) is 0.302. The number of carbonyl (C=O) groups excluding carboxylic acids is 3. The second-order valence-corrected chi connectivity index (χ2v) is 12.2. The van der Waals surface area contributed by atoms with E-state index in [-0.39, 0.29) is 35.7 Å². The van der Waals surface area contributed by atoms with Crippen LogP contribution in [0.4, 0.5) is 5.69 Å². The molecule has 0 fully saturated rings. The van der Waals surface area contributed by atoms with Crippen LogP contribution in [0.25, 0.3) is 10.8 Å². The number of ether oxygens (including phenoxy) is 1. The zero-order chi connectivity index (χ0) is 31.4. The Morgan fingerprint density at radius 2 is 1.41 bits per heavy atom. The lowest BCUT2D eigenvalue weighted by Gasteiger charge is -2.29. The number of nitrogens with zero attached hydrogens (tertiary/aromatic N) is 3. The zero-order valence-corrected chi connectivity index (χ0v) is 25.8. The van der Waals surface area contributed by atoms with Crippen LogP contribution in [0, 0.1) is 0 Å². The highest BCUT2D eigenvalue weighted by molar-refractivity contribution is 7.89. The van der Waals surface area contributed by atoms with E-state index in [0.29, 0.717) is 59.6 Å². The van der Waals surface area contributed by atoms with Gasteiger partial charge in [0.15, 0.2) is 0 Å². The van der Waals surface area contributed by atoms with Crippen molar-refractivity contribution in [3.05, 3.63) is 102 Å². The standard InChI is InChI=1S/C34H35N3O6S/c1-4-35(5-2)44(41,42)26-20-18-25(19-21-26)32(38)36(29-16-7-8-17-30(29)43-6-3)22-11-23-37-33(39)27-14-9-12-24-13-10-15-28(31(24)27)34(37)40/h7-10,12-21H,4-6,11,22-23H2,1-3H3. The number of benzene rings is 4.